The predicted molar refractivity (Wildman–Crippen MR) is 85.8 cm³/mol. The Morgan fingerprint density at radius 2 is 2.24 bits per heavy atom. The van der Waals surface area contributed by atoms with Crippen LogP contribution in [0.15, 0.2) is 30.5 Å². The van der Waals surface area contributed by atoms with Crippen LogP contribution in [0.3, 0.4) is 0 Å². The molecule has 0 saturated carbocycles. The minimum atomic E-state index is -0.161. The average Bonchev–Trinajstić information content (AvgIpc) is 2.97. The standard InChI is InChI=1S/C15H17ClN2O2S/c1-2-10(7-8-19)18-14(20)13-9-17-15(21-13)11-5-3-4-6-12(11)16/h3-6,9-10,19H,2,7-8H2,1H3,(H,18,20). The van der Waals surface area contributed by atoms with E-state index in [0.717, 1.165) is 17.0 Å². The first-order valence-electron chi connectivity index (χ1n) is 6.78. The molecular formula is C15H17ClN2O2S. The molecule has 1 amide bonds. The zero-order valence-electron chi connectivity index (χ0n) is 11.7. The Labute approximate surface area is 132 Å². The lowest BCUT2D eigenvalue weighted by molar-refractivity contribution is 0.0933. The number of hydrogen-bond acceptors (Lipinski definition) is 4. The fraction of sp³-hybridized carbons (Fsp3) is 0.333. The summed E-state index contributed by atoms with van der Waals surface area (Å²) in [5.41, 5.74) is 0.825. The second-order valence-corrected chi connectivity index (χ2v) is 6.04. The summed E-state index contributed by atoms with van der Waals surface area (Å²) in [6.07, 6.45) is 2.89. The van der Waals surface area contributed by atoms with E-state index >= 15 is 0 Å². The van der Waals surface area contributed by atoms with Gasteiger partial charge in [0.2, 0.25) is 0 Å². The van der Waals surface area contributed by atoms with Gasteiger partial charge in [0.05, 0.1) is 11.2 Å². The number of aliphatic hydroxyl groups is 1. The van der Waals surface area contributed by atoms with Gasteiger partial charge in [0.15, 0.2) is 0 Å². The van der Waals surface area contributed by atoms with Crippen LogP contribution in [0.2, 0.25) is 5.02 Å². The van der Waals surface area contributed by atoms with Gasteiger partial charge in [0.25, 0.3) is 5.91 Å². The lowest BCUT2D eigenvalue weighted by Crippen LogP contribution is -2.34. The number of amides is 1. The van der Waals surface area contributed by atoms with Crippen LogP contribution in [-0.4, -0.2) is 28.6 Å². The quantitative estimate of drug-likeness (QED) is 0.856. The Morgan fingerprint density at radius 3 is 2.90 bits per heavy atom. The van der Waals surface area contributed by atoms with E-state index in [1.54, 1.807) is 12.3 Å². The molecule has 6 heteroatoms. The number of carbonyl (C=O) groups is 1. The van der Waals surface area contributed by atoms with Crippen LogP contribution in [0.5, 0.6) is 0 Å². The van der Waals surface area contributed by atoms with Gasteiger partial charge in [-0.25, -0.2) is 4.98 Å². The zero-order chi connectivity index (χ0) is 15.2. The highest BCUT2D eigenvalue weighted by Gasteiger charge is 2.16. The molecule has 0 spiro atoms. The lowest BCUT2D eigenvalue weighted by atomic mass is 10.1. The SMILES string of the molecule is CCC(CCO)NC(=O)c1cnc(-c2ccccc2Cl)s1. The Balaban J connectivity index is 2.13. The molecule has 1 heterocycles. The van der Waals surface area contributed by atoms with Crippen molar-refractivity contribution in [1.82, 2.24) is 10.3 Å². The Morgan fingerprint density at radius 1 is 1.48 bits per heavy atom. The summed E-state index contributed by atoms with van der Waals surface area (Å²) in [6, 6.07) is 7.40. The molecule has 0 aliphatic carbocycles. The molecule has 2 aromatic rings. The second-order valence-electron chi connectivity index (χ2n) is 4.60. The maximum absolute atomic E-state index is 12.2. The minimum Gasteiger partial charge on any atom is -0.396 e. The molecule has 1 unspecified atom stereocenters. The van der Waals surface area contributed by atoms with E-state index in [-0.39, 0.29) is 18.6 Å². The number of benzene rings is 1. The molecule has 0 bridgehead atoms. The van der Waals surface area contributed by atoms with E-state index < -0.39 is 0 Å². The van der Waals surface area contributed by atoms with Crippen molar-refractivity contribution in [2.24, 2.45) is 0 Å². The van der Waals surface area contributed by atoms with Crippen molar-refractivity contribution < 1.29 is 9.90 Å². The third-order valence-corrected chi connectivity index (χ3v) is 4.50. The Hall–Kier alpha value is -1.43. The summed E-state index contributed by atoms with van der Waals surface area (Å²) in [6.45, 7) is 2.04. The molecule has 0 fully saturated rings. The fourth-order valence-electron chi connectivity index (χ4n) is 1.93. The van der Waals surface area contributed by atoms with Crippen molar-refractivity contribution in [2.75, 3.05) is 6.61 Å². The number of aliphatic hydroxyl groups excluding tert-OH is 1. The van der Waals surface area contributed by atoms with E-state index in [0.29, 0.717) is 16.3 Å². The highest BCUT2D eigenvalue weighted by atomic mass is 35.5. The summed E-state index contributed by atoms with van der Waals surface area (Å²) < 4.78 is 0. The second kappa shape index (κ2) is 7.54. The summed E-state index contributed by atoms with van der Waals surface area (Å²) >= 11 is 7.44. The van der Waals surface area contributed by atoms with Crippen molar-refractivity contribution in [3.8, 4) is 10.6 Å². The van der Waals surface area contributed by atoms with Gasteiger partial charge in [0.1, 0.15) is 9.88 Å². The van der Waals surface area contributed by atoms with Gasteiger partial charge in [-0.3, -0.25) is 4.79 Å². The average molecular weight is 325 g/mol. The van der Waals surface area contributed by atoms with Gasteiger partial charge in [-0.15, -0.1) is 11.3 Å². The van der Waals surface area contributed by atoms with E-state index in [9.17, 15) is 4.79 Å². The van der Waals surface area contributed by atoms with Crippen molar-refractivity contribution in [3.63, 3.8) is 0 Å². The molecule has 1 aromatic heterocycles. The first-order valence-corrected chi connectivity index (χ1v) is 7.97. The van der Waals surface area contributed by atoms with Gasteiger partial charge >= 0.3 is 0 Å². The van der Waals surface area contributed by atoms with Crippen LogP contribution in [0.4, 0.5) is 0 Å². The van der Waals surface area contributed by atoms with Gasteiger partial charge in [0, 0.05) is 18.2 Å². The highest BCUT2D eigenvalue weighted by molar-refractivity contribution is 7.17. The summed E-state index contributed by atoms with van der Waals surface area (Å²) in [7, 11) is 0. The van der Waals surface area contributed by atoms with E-state index in [1.165, 1.54) is 11.3 Å². The maximum Gasteiger partial charge on any atom is 0.263 e. The predicted octanol–water partition coefficient (Wildman–Crippen LogP) is 3.35. The number of nitrogens with one attached hydrogen (secondary N) is 1. The number of hydrogen-bond donors (Lipinski definition) is 2. The molecule has 0 radical (unpaired) electrons. The first-order chi connectivity index (χ1) is 10.2. The summed E-state index contributed by atoms with van der Waals surface area (Å²) in [5, 5.41) is 13.2. The largest absolute Gasteiger partial charge is 0.396 e. The molecular weight excluding hydrogens is 308 g/mol. The molecule has 0 aliphatic heterocycles. The third-order valence-electron chi connectivity index (χ3n) is 3.14. The molecule has 2 N–H and O–H groups in total. The van der Waals surface area contributed by atoms with Crippen LogP contribution >= 0.6 is 22.9 Å². The van der Waals surface area contributed by atoms with Gasteiger partial charge in [-0.05, 0) is 18.9 Å². The van der Waals surface area contributed by atoms with Gasteiger partial charge in [-0.1, -0.05) is 36.7 Å². The molecule has 2 rings (SSSR count). The number of halogens is 1. The number of nitrogens with zero attached hydrogens (tertiary/aromatic N) is 1. The molecule has 4 nitrogen and oxygen atoms in total. The van der Waals surface area contributed by atoms with Crippen LogP contribution < -0.4 is 5.32 Å². The number of carbonyl (C=O) groups excluding carboxylic acids is 1. The van der Waals surface area contributed by atoms with Crippen LogP contribution in [0.1, 0.15) is 29.4 Å². The minimum absolute atomic E-state index is 0.0200. The van der Waals surface area contributed by atoms with E-state index in [2.05, 4.69) is 10.3 Å². The van der Waals surface area contributed by atoms with Gasteiger partial charge < -0.3 is 10.4 Å². The third kappa shape index (κ3) is 4.03. The normalized spacial score (nSPS) is 12.1. The van der Waals surface area contributed by atoms with Crippen molar-refractivity contribution in [2.45, 2.75) is 25.8 Å². The van der Waals surface area contributed by atoms with E-state index in [1.807, 2.05) is 25.1 Å². The number of thiazole rings is 1. The number of aromatic nitrogens is 1. The van der Waals surface area contributed by atoms with Crippen LogP contribution in [0.25, 0.3) is 10.6 Å². The molecule has 21 heavy (non-hydrogen) atoms. The Kier molecular flexibility index (Phi) is 5.73. The van der Waals surface area contributed by atoms with Crippen LogP contribution in [0, 0.1) is 0 Å². The van der Waals surface area contributed by atoms with Crippen molar-refractivity contribution >= 4 is 28.8 Å². The monoisotopic (exact) mass is 324 g/mol. The van der Waals surface area contributed by atoms with Crippen molar-refractivity contribution in [3.05, 3.63) is 40.4 Å². The topological polar surface area (TPSA) is 62.2 Å². The molecule has 1 atom stereocenters. The molecule has 0 aliphatic rings. The van der Waals surface area contributed by atoms with E-state index in [4.69, 9.17) is 16.7 Å². The smallest absolute Gasteiger partial charge is 0.263 e. The maximum atomic E-state index is 12.2. The fourth-order valence-corrected chi connectivity index (χ4v) is 3.07. The number of rotatable bonds is 6. The zero-order valence-corrected chi connectivity index (χ0v) is 13.2. The molecule has 0 saturated heterocycles. The highest BCUT2D eigenvalue weighted by Crippen LogP contribution is 2.30. The molecule has 112 valence electrons. The Bertz CT molecular complexity index is 615. The summed E-state index contributed by atoms with van der Waals surface area (Å²) in [5.74, 6) is -0.161. The first kappa shape index (κ1) is 15.9. The molecule has 1 aromatic carbocycles. The van der Waals surface area contributed by atoms with Crippen molar-refractivity contribution in [1.29, 1.82) is 0 Å². The summed E-state index contributed by atoms with van der Waals surface area (Å²) in [4.78, 5) is 17.0. The van der Waals surface area contributed by atoms with Gasteiger partial charge in [-0.2, -0.15) is 0 Å². The lowest BCUT2D eigenvalue weighted by Gasteiger charge is -2.14. The van der Waals surface area contributed by atoms with Crippen LogP contribution in [-0.2, 0) is 0 Å².